The monoisotopic (exact) mass is 425 g/mol. The molecule has 0 saturated heterocycles. The summed E-state index contributed by atoms with van der Waals surface area (Å²) in [7, 11) is 0. The van der Waals surface area contributed by atoms with Gasteiger partial charge in [0, 0.05) is 22.1 Å². The summed E-state index contributed by atoms with van der Waals surface area (Å²) in [6, 6.07) is 14.9. The maximum absolute atomic E-state index is 13.1. The number of hydrogen-bond acceptors (Lipinski definition) is 3. The minimum Gasteiger partial charge on any atom is -0.507 e. The lowest BCUT2D eigenvalue weighted by atomic mass is 9.95. The number of carbonyl (C=O) groups is 1. The van der Waals surface area contributed by atoms with Gasteiger partial charge in [-0.25, -0.2) is 0 Å². The van der Waals surface area contributed by atoms with Crippen LogP contribution in [-0.2, 0) is 0 Å². The fourth-order valence-corrected chi connectivity index (χ4v) is 4.08. The van der Waals surface area contributed by atoms with Gasteiger partial charge in [0.05, 0.1) is 6.04 Å². The van der Waals surface area contributed by atoms with Crippen molar-refractivity contribution in [1.29, 1.82) is 0 Å². The van der Waals surface area contributed by atoms with E-state index in [4.69, 9.17) is 0 Å². The predicted molar refractivity (Wildman–Crippen MR) is 108 cm³/mol. The minimum atomic E-state index is -0.232. The Hall–Kier alpha value is -2.60. The van der Waals surface area contributed by atoms with E-state index in [-0.39, 0.29) is 17.7 Å². The molecular weight excluding hydrogens is 406 g/mol. The van der Waals surface area contributed by atoms with Crippen LogP contribution < -0.4 is 0 Å². The van der Waals surface area contributed by atoms with E-state index in [0.717, 1.165) is 28.4 Å². The van der Waals surface area contributed by atoms with Crippen molar-refractivity contribution in [2.75, 3.05) is 6.54 Å². The zero-order valence-electron chi connectivity index (χ0n) is 14.9. The number of halogens is 1. The molecule has 0 bridgehead atoms. The van der Waals surface area contributed by atoms with Gasteiger partial charge >= 0.3 is 0 Å². The third-order valence-electron chi connectivity index (χ3n) is 4.94. The van der Waals surface area contributed by atoms with Crippen LogP contribution in [0.3, 0.4) is 0 Å². The van der Waals surface area contributed by atoms with E-state index in [1.54, 1.807) is 12.1 Å². The van der Waals surface area contributed by atoms with Gasteiger partial charge in [-0.1, -0.05) is 53.5 Å². The summed E-state index contributed by atoms with van der Waals surface area (Å²) in [6.07, 6.45) is 1.94. The molecule has 138 valence electrons. The Balaban J connectivity index is 1.89. The Morgan fingerprint density at radius 2 is 2.04 bits per heavy atom. The van der Waals surface area contributed by atoms with Crippen LogP contribution in [-0.4, -0.2) is 32.7 Å². The molecule has 1 aliphatic rings. The first-order chi connectivity index (χ1) is 13.1. The highest BCUT2D eigenvalue weighted by Gasteiger charge is 2.42. The van der Waals surface area contributed by atoms with Gasteiger partial charge in [-0.2, -0.15) is 5.10 Å². The molecule has 0 unspecified atom stereocenters. The zero-order valence-corrected chi connectivity index (χ0v) is 16.5. The average molecular weight is 426 g/mol. The first kappa shape index (κ1) is 17.8. The molecule has 0 spiro atoms. The van der Waals surface area contributed by atoms with Gasteiger partial charge in [0.1, 0.15) is 17.1 Å². The number of carbonyl (C=O) groups excluding carboxylic acids is 1. The number of nitrogens with one attached hydrogen (secondary N) is 1. The summed E-state index contributed by atoms with van der Waals surface area (Å²) in [5.74, 6) is 0.108. The molecule has 1 amide bonds. The maximum Gasteiger partial charge on any atom is 0.273 e. The Bertz CT molecular complexity index is 999. The molecule has 2 heterocycles. The molecule has 0 saturated carbocycles. The lowest BCUT2D eigenvalue weighted by Crippen LogP contribution is -2.30. The van der Waals surface area contributed by atoms with Crippen molar-refractivity contribution < 1.29 is 9.90 Å². The molecular formula is C21H20BrN3O2. The fourth-order valence-electron chi connectivity index (χ4n) is 3.66. The molecule has 0 aliphatic carbocycles. The van der Waals surface area contributed by atoms with E-state index in [1.165, 1.54) is 0 Å². The van der Waals surface area contributed by atoms with E-state index in [2.05, 4.69) is 33.1 Å². The first-order valence-corrected chi connectivity index (χ1v) is 9.84. The van der Waals surface area contributed by atoms with Crippen molar-refractivity contribution >= 4 is 21.8 Å². The molecule has 3 aromatic rings. The van der Waals surface area contributed by atoms with Gasteiger partial charge in [-0.15, -0.1) is 0 Å². The molecule has 1 atom stereocenters. The van der Waals surface area contributed by atoms with Crippen molar-refractivity contribution in [2.45, 2.75) is 25.8 Å². The van der Waals surface area contributed by atoms with Crippen molar-refractivity contribution in [3.05, 3.63) is 69.8 Å². The summed E-state index contributed by atoms with van der Waals surface area (Å²) in [5.41, 5.74) is 3.61. The topological polar surface area (TPSA) is 69.2 Å². The summed E-state index contributed by atoms with van der Waals surface area (Å²) >= 11 is 3.54. The average Bonchev–Trinajstić information content (AvgIpc) is 3.20. The van der Waals surface area contributed by atoms with Gasteiger partial charge < -0.3 is 10.0 Å². The minimum absolute atomic E-state index is 0.0439. The highest BCUT2D eigenvalue weighted by atomic mass is 79.9. The lowest BCUT2D eigenvalue weighted by molar-refractivity contribution is 0.0741. The van der Waals surface area contributed by atoms with Crippen LogP contribution in [0, 0.1) is 0 Å². The molecule has 1 aromatic heterocycles. The summed E-state index contributed by atoms with van der Waals surface area (Å²) < 4.78 is 0.962. The van der Waals surface area contributed by atoms with E-state index >= 15 is 0 Å². The summed E-state index contributed by atoms with van der Waals surface area (Å²) in [4.78, 5) is 15.0. The highest BCUT2D eigenvalue weighted by Crippen LogP contribution is 2.44. The van der Waals surface area contributed by atoms with Gasteiger partial charge in [0.25, 0.3) is 5.91 Å². The normalized spacial score (nSPS) is 16.0. The summed E-state index contributed by atoms with van der Waals surface area (Å²) in [5, 5.41) is 17.6. The van der Waals surface area contributed by atoms with E-state index in [0.29, 0.717) is 23.5 Å². The second kappa shape index (κ2) is 7.19. The van der Waals surface area contributed by atoms with Gasteiger partial charge in [0.2, 0.25) is 0 Å². The van der Waals surface area contributed by atoms with E-state index in [9.17, 15) is 9.90 Å². The van der Waals surface area contributed by atoms with Crippen LogP contribution >= 0.6 is 15.9 Å². The van der Waals surface area contributed by atoms with Crippen LogP contribution in [0.4, 0.5) is 0 Å². The number of H-pyrrole nitrogens is 1. The number of amides is 1. The highest BCUT2D eigenvalue weighted by molar-refractivity contribution is 9.10. The number of aromatic nitrogens is 2. The third kappa shape index (κ3) is 3.04. The van der Waals surface area contributed by atoms with Crippen LogP contribution in [0.2, 0.25) is 0 Å². The van der Waals surface area contributed by atoms with Gasteiger partial charge in [-0.05, 0) is 36.2 Å². The predicted octanol–water partition coefficient (Wildman–Crippen LogP) is 4.89. The number of rotatable bonds is 5. The fraction of sp³-hybridized carbons (Fsp3) is 0.238. The Kier molecular flexibility index (Phi) is 4.74. The van der Waals surface area contributed by atoms with Crippen molar-refractivity contribution in [1.82, 2.24) is 15.1 Å². The number of aromatic amines is 1. The second-order valence-corrected chi connectivity index (χ2v) is 7.60. The number of phenols is 1. The van der Waals surface area contributed by atoms with E-state index < -0.39 is 0 Å². The number of phenolic OH excluding ortho intramolecular Hbond substituents is 1. The van der Waals surface area contributed by atoms with Crippen molar-refractivity contribution in [3.63, 3.8) is 0 Å². The standard InChI is InChI=1S/C21H20BrN3O2/c1-2-3-11-25-20(13-7-6-8-14(22)12-13)17-18(23-24-19(17)21(25)27)15-9-4-5-10-16(15)26/h4-10,12,20,26H,2-3,11H2,1H3,(H,23,24)/t20-/m0/s1. The Morgan fingerprint density at radius 3 is 2.78 bits per heavy atom. The number of unbranched alkanes of at least 4 members (excludes halogenated alkanes) is 1. The van der Waals surface area contributed by atoms with Crippen LogP contribution in [0.15, 0.2) is 53.0 Å². The molecule has 0 radical (unpaired) electrons. The molecule has 1 aliphatic heterocycles. The number of nitrogens with zero attached hydrogens (tertiary/aromatic N) is 2. The number of fused-ring (bicyclic) bond motifs is 1. The molecule has 0 fully saturated rings. The Morgan fingerprint density at radius 1 is 1.22 bits per heavy atom. The van der Waals surface area contributed by atoms with Gasteiger partial charge in [0.15, 0.2) is 0 Å². The van der Waals surface area contributed by atoms with Crippen LogP contribution in [0.25, 0.3) is 11.3 Å². The first-order valence-electron chi connectivity index (χ1n) is 9.05. The third-order valence-corrected chi connectivity index (χ3v) is 5.43. The largest absolute Gasteiger partial charge is 0.507 e. The number of aromatic hydroxyl groups is 1. The molecule has 4 rings (SSSR count). The Labute approximate surface area is 166 Å². The lowest BCUT2D eigenvalue weighted by Gasteiger charge is -2.26. The van der Waals surface area contributed by atoms with Gasteiger partial charge in [-0.3, -0.25) is 9.89 Å². The maximum atomic E-state index is 13.1. The second-order valence-electron chi connectivity index (χ2n) is 6.69. The van der Waals surface area contributed by atoms with Crippen molar-refractivity contribution in [2.24, 2.45) is 0 Å². The molecule has 5 nitrogen and oxygen atoms in total. The SMILES string of the molecule is CCCCN1C(=O)c2[nH]nc(-c3ccccc3O)c2[C@@H]1c1cccc(Br)c1. The molecule has 27 heavy (non-hydrogen) atoms. The van der Waals surface area contributed by atoms with Crippen LogP contribution in [0.1, 0.15) is 47.4 Å². The zero-order chi connectivity index (χ0) is 19.0. The number of hydrogen-bond donors (Lipinski definition) is 2. The molecule has 2 N–H and O–H groups in total. The van der Waals surface area contributed by atoms with E-state index in [1.807, 2.05) is 41.3 Å². The van der Waals surface area contributed by atoms with Crippen molar-refractivity contribution in [3.8, 4) is 17.0 Å². The number of para-hydroxylation sites is 1. The molecule has 6 heteroatoms. The summed E-state index contributed by atoms with van der Waals surface area (Å²) in [6.45, 7) is 2.79. The quantitative estimate of drug-likeness (QED) is 0.611. The van der Waals surface area contributed by atoms with Crippen LogP contribution in [0.5, 0.6) is 5.75 Å². The number of benzene rings is 2. The molecule has 2 aromatic carbocycles. The smallest absolute Gasteiger partial charge is 0.273 e.